The number of amides is 1. The normalized spacial score (nSPS) is 18.2. The predicted octanol–water partition coefficient (Wildman–Crippen LogP) is 1.17. The van der Waals surface area contributed by atoms with Crippen molar-refractivity contribution in [1.29, 1.82) is 0 Å². The quantitative estimate of drug-likeness (QED) is 0.626. The van der Waals surface area contributed by atoms with Crippen LogP contribution in [0.15, 0.2) is 11.5 Å². The fraction of sp³-hybridized carbons (Fsp3) is 0.750. The minimum atomic E-state index is -0.213. The zero-order valence-corrected chi connectivity index (χ0v) is 12.0. The standard InChI is InChI=1S/C12H21N5OS/c1-9(19-12-16-15-8-17(12)13)11(18)14-7-10-5-3-2-4-6-10/h8-10H,2-7,13H2,1H3,(H,14,18)/t9-/m0/s1. The van der Waals surface area contributed by atoms with Crippen LogP contribution in [0.5, 0.6) is 0 Å². The highest BCUT2D eigenvalue weighted by Crippen LogP contribution is 2.23. The Labute approximate surface area is 117 Å². The van der Waals surface area contributed by atoms with Gasteiger partial charge in [0.1, 0.15) is 6.33 Å². The number of carbonyl (C=O) groups excluding carboxylic acids is 1. The Kier molecular flexibility index (Phi) is 5.07. The Balaban J connectivity index is 1.74. The molecule has 1 heterocycles. The highest BCUT2D eigenvalue weighted by Gasteiger charge is 2.19. The van der Waals surface area contributed by atoms with E-state index in [0.717, 1.165) is 6.54 Å². The Morgan fingerprint density at radius 1 is 1.58 bits per heavy atom. The molecule has 0 unspecified atom stereocenters. The third-order valence-electron chi connectivity index (χ3n) is 3.48. The largest absolute Gasteiger partial charge is 0.355 e. The van der Waals surface area contributed by atoms with E-state index in [-0.39, 0.29) is 11.2 Å². The van der Waals surface area contributed by atoms with Gasteiger partial charge >= 0.3 is 0 Å². The lowest BCUT2D eigenvalue weighted by atomic mass is 9.89. The average molecular weight is 283 g/mol. The van der Waals surface area contributed by atoms with Crippen molar-refractivity contribution in [3.63, 3.8) is 0 Å². The fourth-order valence-electron chi connectivity index (χ4n) is 2.31. The first kappa shape index (κ1) is 14.2. The SMILES string of the molecule is C[C@H](Sc1nncn1N)C(=O)NCC1CCCCC1. The molecule has 19 heavy (non-hydrogen) atoms. The van der Waals surface area contributed by atoms with E-state index in [2.05, 4.69) is 15.5 Å². The smallest absolute Gasteiger partial charge is 0.233 e. The fourth-order valence-corrected chi connectivity index (χ4v) is 3.08. The van der Waals surface area contributed by atoms with Crippen molar-refractivity contribution in [1.82, 2.24) is 20.2 Å². The number of nitrogens with two attached hydrogens (primary N) is 1. The zero-order valence-electron chi connectivity index (χ0n) is 11.2. The van der Waals surface area contributed by atoms with Crippen molar-refractivity contribution >= 4 is 17.7 Å². The van der Waals surface area contributed by atoms with E-state index in [1.807, 2.05) is 6.92 Å². The summed E-state index contributed by atoms with van der Waals surface area (Å²) >= 11 is 1.32. The second kappa shape index (κ2) is 6.79. The number of nitrogens with one attached hydrogen (secondary N) is 1. The van der Waals surface area contributed by atoms with Crippen molar-refractivity contribution in [3.05, 3.63) is 6.33 Å². The van der Waals surface area contributed by atoms with Gasteiger partial charge in [-0.1, -0.05) is 31.0 Å². The van der Waals surface area contributed by atoms with E-state index >= 15 is 0 Å². The Bertz CT molecular complexity index is 416. The van der Waals surface area contributed by atoms with E-state index < -0.39 is 0 Å². The maximum Gasteiger partial charge on any atom is 0.233 e. The van der Waals surface area contributed by atoms with Crippen LogP contribution < -0.4 is 11.2 Å². The summed E-state index contributed by atoms with van der Waals surface area (Å²) in [5.41, 5.74) is 0. The molecule has 0 saturated heterocycles. The van der Waals surface area contributed by atoms with Crippen molar-refractivity contribution < 1.29 is 4.79 Å². The summed E-state index contributed by atoms with van der Waals surface area (Å²) in [7, 11) is 0. The van der Waals surface area contributed by atoms with Gasteiger partial charge in [-0.3, -0.25) is 4.79 Å². The van der Waals surface area contributed by atoms with Gasteiger partial charge in [0.2, 0.25) is 11.1 Å². The Morgan fingerprint density at radius 3 is 2.95 bits per heavy atom. The number of nitrogens with zero attached hydrogens (tertiary/aromatic N) is 3. The molecule has 1 aromatic heterocycles. The summed E-state index contributed by atoms with van der Waals surface area (Å²) in [5.74, 6) is 6.31. The highest BCUT2D eigenvalue weighted by molar-refractivity contribution is 8.00. The van der Waals surface area contributed by atoms with Gasteiger partial charge in [0.15, 0.2) is 0 Å². The number of hydrogen-bond donors (Lipinski definition) is 2. The van der Waals surface area contributed by atoms with E-state index in [1.54, 1.807) is 0 Å². The van der Waals surface area contributed by atoms with Gasteiger partial charge in [0, 0.05) is 6.54 Å². The van der Waals surface area contributed by atoms with Crippen molar-refractivity contribution in [3.8, 4) is 0 Å². The van der Waals surface area contributed by atoms with Crippen molar-refractivity contribution in [2.24, 2.45) is 5.92 Å². The molecule has 1 fully saturated rings. The van der Waals surface area contributed by atoms with Gasteiger partial charge in [-0.2, -0.15) is 0 Å². The van der Waals surface area contributed by atoms with Crippen LogP contribution in [0, 0.1) is 5.92 Å². The lowest BCUT2D eigenvalue weighted by Crippen LogP contribution is -2.35. The molecule has 1 saturated carbocycles. The molecule has 1 aromatic rings. The molecule has 1 aliphatic carbocycles. The minimum Gasteiger partial charge on any atom is -0.355 e. The van der Waals surface area contributed by atoms with Crippen molar-refractivity contribution in [2.45, 2.75) is 49.4 Å². The van der Waals surface area contributed by atoms with Gasteiger partial charge in [0.05, 0.1) is 5.25 Å². The summed E-state index contributed by atoms with van der Waals surface area (Å²) in [5, 5.41) is 10.9. The predicted molar refractivity (Wildman–Crippen MR) is 75.1 cm³/mol. The van der Waals surface area contributed by atoms with Crippen LogP contribution in [-0.2, 0) is 4.79 Å². The summed E-state index contributed by atoms with van der Waals surface area (Å²) in [6.45, 7) is 2.65. The number of hydrogen-bond acceptors (Lipinski definition) is 5. The molecule has 106 valence electrons. The van der Waals surface area contributed by atoms with Crippen molar-refractivity contribution in [2.75, 3.05) is 12.4 Å². The Hall–Kier alpha value is -1.24. The first-order valence-electron chi connectivity index (χ1n) is 6.76. The number of aromatic nitrogens is 3. The first-order chi connectivity index (χ1) is 9.16. The second-order valence-electron chi connectivity index (χ2n) is 5.03. The maximum atomic E-state index is 12.0. The van der Waals surface area contributed by atoms with E-state index in [0.29, 0.717) is 11.1 Å². The molecule has 0 spiro atoms. The molecular formula is C12H21N5OS. The number of rotatable bonds is 5. The molecule has 1 atom stereocenters. The van der Waals surface area contributed by atoms with Crippen LogP contribution in [0.3, 0.4) is 0 Å². The molecule has 7 heteroatoms. The molecule has 6 nitrogen and oxygen atoms in total. The number of thioether (sulfide) groups is 1. The van der Waals surface area contributed by atoms with Crippen LogP contribution in [0.1, 0.15) is 39.0 Å². The molecule has 1 aliphatic rings. The molecule has 0 bridgehead atoms. The third kappa shape index (κ3) is 4.12. The monoisotopic (exact) mass is 283 g/mol. The molecular weight excluding hydrogens is 262 g/mol. The summed E-state index contributed by atoms with van der Waals surface area (Å²) in [4.78, 5) is 12.0. The zero-order chi connectivity index (χ0) is 13.7. The van der Waals surface area contributed by atoms with Gasteiger partial charge in [-0.15, -0.1) is 10.2 Å². The molecule has 0 aromatic carbocycles. The third-order valence-corrected chi connectivity index (χ3v) is 4.55. The molecule has 0 aliphatic heterocycles. The average Bonchev–Trinajstić information content (AvgIpc) is 2.82. The van der Waals surface area contributed by atoms with Crippen LogP contribution in [-0.4, -0.2) is 32.6 Å². The molecule has 1 amide bonds. The van der Waals surface area contributed by atoms with Crippen LogP contribution in [0.25, 0.3) is 0 Å². The summed E-state index contributed by atoms with van der Waals surface area (Å²) in [6.07, 6.45) is 7.82. The Morgan fingerprint density at radius 2 is 2.32 bits per heavy atom. The summed E-state index contributed by atoms with van der Waals surface area (Å²) < 4.78 is 1.33. The van der Waals surface area contributed by atoms with Gasteiger partial charge in [-0.25, -0.2) is 4.68 Å². The van der Waals surface area contributed by atoms with Gasteiger partial charge in [0.25, 0.3) is 0 Å². The number of nitrogen functional groups attached to an aromatic ring is 1. The topological polar surface area (TPSA) is 85.8 Å². The first-order valence-corrected chi connectivity index (χ1v) is 7.64. The number of carbonyl (C=O) groups is 1. The van der Waals surface area contributed by atoms with E-state index in [4.69, 9.17) is 5.84 Å². The maximum absolute atomic E-state index is 12.0. The van der Waals surface area contributed by atoms with Crippen LogP contribution in [0.2, 0.25) is 0 Å². The van der Waals surface area contributed by atoms with Gasteiger partial charge in [-0.05, 0) is 25.7 Å². The van der Waals surface area contributed by atoms with E-state index in [9.17, 15) is 4.79 Å². The van der Waals surface area contributed by atoms with Crippen LogP contribution >= 0.6 is 11.8 Å². The van der Waals surface area contributed by atoms with Gasteiger partial charge < -0.3 is 11.2 Å². The lowest BCUT2D eigenvalue weighted by Gasteiger charge is -2.22. The minimum absolute atomic E-state index is 0.0403. The second-order valence-corrected chi connectivity index (χ2v) is 6.34. The molecule has 3 N–H and O–H groups in total. The molecule has 2 rings (SSSR count). The molecule has 0 radical (unpaired) electrons. The van der Waals surface area contributed by atoms with Crippen LogP contribution in [0.4, 0.5) is 0 Å². The van der Waals surface area contributed by atoms with E-state index in [1.165, 1.54) is 54.9 Å². The summed E-state index contributed by atoms with van der Waals surface area (Å²) in [6, 6.07) is 0. The lowest BCUT2D eigenvalue weighted by molar-refractivity contribution is -0.120. The highest BCUT2D eigenvalue weighted by atomic mass is 32.2.